The summed E-state index contributed by atoms with van der Waals surface area (Å²) in [4.78, 5) is 47.6. The average molecular weight is 560 g/mol. The van der Waals surface area contributed by atoms with Crippen LogP contribution in [-0.4, -0.2) is 81.5 Å². The largest absolute Gasteiger partial charge is 0.396 e. The van der Waals surface area contributed by atoms with Crippen molar-refractivity contribution in [2.75, 3.05) is 37.7 Å². The number of halogens is 1. The second kappa shape index (κ2) is 12.3. The van der Waals surface area contributed by atoms with Crippen LogP contribution in [0.1, 0.15) is 39.0 Å². The minimum atomic E-state index is -0.721. The van der Waals surface area contributed by atoms with Crippen LogP contribution in [0.4, 0.5) is 5.69 Å². The number of hydrogen-bond acceptors (Lipinski definition) is 5. The highest BCUT2D eigenvalue weighted by Crippen LogP contribution is 2.66. The molecule has 0 aromatic heterocycles. The molecule has 0 aliphatic carbocycles. The molecule has 3 aliphatic rings. The molecule has 9 heteroatoms. The van der Waals surface area contributed by atoms with Gasteiger partial charge in [-0.05, 0) is 44.2 Å². The molecule has 1 aromatic rings. The van der Waals surface area contributed by atoms with Crippen LogP contribution in [0, 0.1) is 11.8 Å². The molecule has 5 atom stereocenters. The Morgan fingerprint density at radius 2 is 1.95 bits per heavy atom. The smallest absolute Gasteiger partial charge is 0.251 e. The third-order valence-corrected chi connectivity index (χ3v) is 10.3. The van der Waals surface area contributed by atoms with Crippen LogP contribution in [0.2, 0.25) is 5.02 Å². The van der Waals surface area contributed by atoms with Gasteiger partial charge in [0.25, 0.3) is 5.91 Å². The molecule has 0 radical (unpaired) electrons. The summed E-state index contributed by atoms with van der Waals surface area (Å²) >= 11 is 8.19. The SMILES string of the molecule is C=CCN(CCC)C(=O)[C@@H]1[C@@H]2CCC3(S2)C(C(=O)N(CC=C)c2ccccc2Cl)N(CCCCO)C(=O)[C@H]13. The number of aliphatic hydroxyl groups is 1. The van der Waals surface area contributed by atoms with Crippen LogP contribution >= 0.6 is 23.4 Å². The number of para-hydroxylation sites is 1. The van der Waals surface area contributed by atoms with Gasteiger partial charge in [0.1, 0.15) is 6.04 Å². The van der Waals surface area contributed by atoms with Crippen molar-refractivity contribution >= 4 is 46.8 Å². The lowest BCUT2D eigenvalue weighted by Gasteiger charge is -2.37. The Hall–Kier alpha value is -2.29. The Morgan fingerprint density at radius 3 is 2.61 bits per heavy atom. The van der Waals surface area contributed by atoms with Gasteiger partial charge in [-0.2, -0.15) is 0 Å². The van der Waals surface area contributed by atoms with Gasteiger partial charge in [0, 0.05) is 38.0 Å². The topological polar surface area (TPSA) is 81.2 Å². The molecule has 0 saturated carbocycles. The number of aliphatic hydroxyl groups excluding tert-OH is 1. The minimum absolute atomic E-state index is 0.00341. The van der Waals surface area contributed by atoms with E-state index in [1.807, 2.05) is 19.1 Å². The monoisotopic (exact) mass is 559 g/mol. The van der Waals surface area contributed by atoms with Crippen molar-refractivity contribution in [3.63, 3.8) is 0 Å². The molecule has 3 saturated heterocycles. The van der Waals surface area contributed by atoms with E-state index in [-0.39, 0.29) is 36.1 Å². The molecule has 3 amide bonds. The van der Waals surface area contributed by atoms with Gasteiger partial charge in [0.2, 0.25) is 11.8 Å². The first-order chi connectivity index (χ1) is 18.4. The van der Waals surface area contributed by atoms with Gasteiger partial charge in [0.15, 0.2) is 0 Å². The van der Waals surface area contributed by atoms with E-state index in [0.717, 1.165) is 12.8 Å². The normalized spacial score (nSPS) is 27.3. The van der Waals surface area contributed by atoms with Crippen molar-refractivity contribution in [3.8, 4) is 0 Å². The molecule has 7 nitrogen and oxygen atoms in total. The van der Waals surface area contributed by atoms with Crippen molar-refractivity contribution in [1.82, 2.24) is 9.80 Å². The predicted molar refractivity (Wildman–Crippen MR) is 153 cm³/mol. The summed E-state index contributed by atoms with van der Waals surface area (Å²) < 4.78 is -0.675. The predicted octanol–water partition coefficient (Wildman–Crippen LogP) is 4.15. The number of anilines is 1. The van der Waals surface area contributed by atoms with Gasteiger partial charge >= 0.3 is 0 Å². The number of fused-ring (bicyclic) bond motifs is 1. The van der Waals surface area contributed by atoms with Crippen molar-refractivity contribution < 1.29 is 19.5 Å². The van der Waals surface area contributed by atoms with Gasteiger partial charge in [0.05, 0.1) is 27.3 Å². The van der Waals surface area contributed by atoms with E-state index in [0.29, 0.717) is 49.6 Å². The number of carbonyl (C=O) groups is 3. The van der Waals surface area contributed by atoms with Crippen molar-refractivity contribution in [1.29, 1.82) is 0 Å². The highest BCUT2D eigenvalue weighted by molar-refractivity contribution is 8.02. The maximum atomic E-state index is 14.5. The Morgan fingerprint density at radius 1 is 1.21 bits per heavy atom. The zero-order valence-electron chi connectivity index (χ0n) is 22.1. The van der Waals surface area contributed by atoms with E-state index in [2.05, 4.69) is 13.2 Å². The first-order valence-electron chi connectivity index (χ1n) is 13.5. The number of unbranched alkanes of at least 4 members (excludes halogenated alkanes) is 1. The van der Waals surface area contributed by atoms with Crippen molar-refractivity contribution in [2.45, 2.75) is 55.1 Å². The number of amides is 3. The van der Waals surface area contributed by atoms with E-state index >= 15 is 0 Å². The van der Waals surface area contributed by atoms with Crippen LogP contribution in [0.15, 0.2) is 49.6 Å². The highest BCUT2D eigenvalue weighted by Gasteiger charge is 2.74. The van der Waals surface area contributed by atoms with Crippen LogP contribution in [0.5, 0.6) is 0 Å². The fourth-order valence-corrected chi connectivity index (χ4v) is 8.97. The maximum Gasteiger partial charge on any atom is 0.251 e. The lowest BCUT2D eigenvalue weighted by Crippen LogP contribution is -2.55. The Labute approximate surface area is 234 Å². The van der Waals surface area contributed by atoms with Gasteiger partial charge < -0.3 is 19.8 Å². The van der Waals surface area contributed by atoms with E-state index < -0.39 is 22.6 Å². The first-order valence-corrected chi connectivity index (χ1v) is 14.8. The van der Waals surface area contributed by atoms with Crippen molar-refractivity contribution in [2.24, 2.45) is 11.8 Å². The van der Waals surface area contributed by atoms with Gasteiger partial charge in [-0.1, -0.05) is 42.8 Å². The number of rotatable bonds is 13. The molecule has 2 unspecified atom stereocenters. The van der Waals surface area contributed by atoms with Gasteiger partial charge in [-0.3, -0.25) is 14.4 Å². The molecule has 1 spiro atoms. The number of carbonyl (C=O) groups excluding carboxylic acids is 3. The summed E-state index contributed by atoms with van der Waals surface area (Å²) in [5, 5.41) is 9.85. The summed E-state index contributed by atoms with van der Waals surface area (Å²) in [6.07, 6.45) is 6.81. The zero-order chi connectivity index (χ0) is 27.4. The molecule has 3 heterocycles. The molecular weight excluding hydrogens is 522 g/mol. The quantitative estimate of drug-likeness (QED) is 0.290. The first kappa shape index (κ1) is 28.7. The van der Waals surface area contributed by atoms with Crippen LogP contribution in [0.25, 0.3) is 0 Å². The van der Waals surface area contributed by atoms with Crippen LogP contribution in [-0.2, 0) is 14.4 Å². The van der Waals surface area contributed by atoms with Gasteiger partial charge in [-0.15, -0.1) is 24.9 Å². The van der Waals surface area contributed by atoms with Crippen LogP contribution < -0.4 is 4.90 Å². The molecular formula is C29H38ClN3O4S. The summed E-state index contributed by atoms with van der Waals surface area (Å²) in [6, 6.07) is 6.47. The van der Waals surface area contributed by atoms with Gasteiger partial charge in [-0.25, -0.2) is 0 Å². The second-order valence-electron chi connectivity index (χ2n) is 10.3. The Balaban J connectivity index is 1.75. The summed E-state index contributed by atoms with van der Waals surface area (Å²) in [6.45, 7) is 11.4. The van der Waals surface area contributed by atoms with E-state index in [4.69, 9.17) is 11.6 Å². The fraction of sp³-hybridized carbons (Fsp3) is 0.552. The summed E-state index contributed by atoms with van der Waals surface area (Å²) in [7, 11) is 0. The molecule has 3 aliphatic heterocycles. The number of hydrogen-bond donors (Lipinski definition) is 1. The molecule has 1 N–H and O–H groups in total. The van der Waals surface area contributed by atoms with E-state index in [1.165, 1.54) is 0 Å². The number of thioether (sulfide) groups is 1. The average Bonchev–Trinajstić information content (AvgIpc) is 3.55. The fourth-order valence-electron chi connectivity index (χ4n) is 6.53. The highest BCUT2D eigenvalue weighted by atomic mass is 35.5. The van der Waals surface area contributed by atoms with Crippen LogP contribution in [0.3, 0.4) is 0 Å². The van der Waals surface area contributed by atoms with E-state index in [1.54, 1.807) is 50.7 Å². The summed E-state index contributed by atoms with van der Waals surface area (Å²) in [5.41, 5.74) is 0.576. The third kappa shape index (κ3) is 4.91. The summed E-state index contributed by atoms with van der Waals surface area (Å²) in [5.74, 6) is -1.35. The molecule has 38 heavy (non-hydrogen) atoms. The lowest BCUT2D eigenvalue weighted by atomic mass is 9.70. The molecule has 206 valence electrons. The lowest BCUT2D eigenvalue weighted by molar-refractivity contribution is -0.143. The number of nitrogens with zero attached hydrogens (tertiary/aromatic N) is 3. The zero-order valence-corrected chi connectivity index (χ0v) is 23.6. The standard InChI is InChI=1S/C29H38ClN3O4S/c1-4-15-31(16-5-2)26(35)23-22-13-14-29(38-22)24(23)27(36)33(18-9-10-19-34)25(29)28(37)32(17-6-3)21-12-8-7-11-20(21)30/h4,6-8,11-12,22-25,34H,1,3,5,9-10,13-19H2,2H3/t22-,23+,24-,25?,29?/m0/s1. The van der Waals surface area contributed by atoms with E-state index in [9.17, 15) is 19.5 Å². The Bertz CT molecular complexity index is 1080. The molecule has 4 rings (SSSR count). The third-order valence-electron chi connectivity index (χ3n) is 8.00. The number of benzene rings is 1. The Kier molecular flexibility index (Phi) is 9.27. The maximum absolute atomic E-state index is 14.5. The second-order valence-corrected chi connectivity index (χ2v) is 12.3. The molecule has 1 aromatic carbocycles. The molecule has 2 bridgehead atoms. The number of likely N-dealkylation sites (tertiary alicyclic amines) is 1. The van der Waals surface area contributed by atoms with Crippen molar-refractivity contribution in [3.05, 3.63) is 54.6 Å². The molecule has 3 fully saturated rings. The minimum Gasteiger partial charge on any atom is -0.396 e.